The molecule has 1 rings (SSSR count). The first-order chi connectivity index (χ1) is 6.15. The Hall–Kier alpha value is -0.830. The van der Waals surface area contributed by atoms with Crippen LogP contribution in [0.2, 0.25) is 0 Å². The van der Waals surface area contributed by atoms with Crippen LogP contribution in [0.4, 0.5) is 0 Å². The van der Waals surface area contributed by atoms with Crippen molar-refractivity contribution in [2.45, 2.75) is 33.1 Å². The number of rotatable bonds is 4. The first kappa shape index (κ1) is 10.3. The van der Waals surface area contributed by atoms with Crippen LogP contribution < -0.4 is 5.32 Å². The molecule has 0 saturated heterocycles. The molecule has 0 aromatic carbocycles. The van der Waals surface area contributed by atoms with E-state index in [0.717, 1.165) is 18.8 Å². The summed E-state index contributed by atoms with van der Waals surface area (Å²) in [7, 11) is 1.96. The van der Waals surface area contributed by atoms with Crippen molar-refractivity contribution in [3.8, 4) is 0 Å². The predicted molar refractivity (Wildman–Crippen MR) is 55.0 cm³/mol. The van der Waals surface area contributed by atoms with E-state index in [1.165, 1.54) is 11.4 Å². The standard InChI is InChI=1S/C10H19N3/c1-7(2)10-8(3)12-9(13-10)5-6-11-4/h7,11H,5-6H2,1-4H3,(H,12,13). The van der Waals surface area contributed by atoms with Crippen LogP contribution in [0.25, 0.3) is 0 Å². The zero-order valence-corrected chi connectivity index (χ0v) is 8.94. The normalized spacial score (nSPS) is 11.2. The van der Waals surface area contributed by atoms with Gasteiger partial charge in [-0.15, -0.1) is 0 Å². The van der Waals surface area contributed by atoms with E-state index in [1.54, 1.807) is 0 Å². The zero-order valence-electron chi connectivity index (χ0n) is 8.94. The fraction of sp³-hybridized carbons (Fsp3) is 0.700. The highest BCUT2D eigenvalue weighted by Gasteiger charge is 2.08. The van der Waals surface area contributed by atoms with Crippen molar-refractivity contribution in [1.82, 2.24) is 15.3 Å². The lowest BCUT2D eigenvalue weighted by Crippen LogP contribution is -2.11. The number of hydrogen-bond donors (Lipinski definition) is 2. The third kappa shape index (κ3) is 2.56. The maximum atomic E-state index is 4.55. The topological polar surface area (TPSA) is 40.7 Å². The van der Waals surface area contributed by atoms with Gasteiger partial charge in [0.05, 0.1) is 5.69 Å². The van der Waals surface area contributed by atoms with Crippen LogP contribution >= 0.6 is 0 Å². The number of aryl methyl sites for hydroxylation is 1. The van der Waals surface area contributed by atoms with E-state index in [-0.39, 0.29) is 0 Å². The molecule has 0 unspecified atom stereocenters. The van der Waals surface area contributed by atoms with Crippen LogP contribution in [0.15, 0.2) is 0 Å². The molecule has 0 bridgehead atoms. The van der Waals surface area contributed by atoms with Gasteiger partial charge in [-0.3, -0.25) is 0 Å². The summed E-state index contributed by atoms with van der Waals surface area (Å²) in [6.45, 7) is 7.41. The fourth-order valence-electron chi connectivity index (χ4n) is 1.46. The molecule has 0 amide bonds. The quantitative estimate of drug-likeness (QED) is 0.740. The average molecular weight is 181 g/mol. The Bertz CT molecular complexity index is 263. The average Bonchev–Trinajstić information content (AvgIpc) is 2.43. The Labute approximate surface area is 80.0 Å². The highest BCUT2D eigenvalue weighted by Crippen LogP contribution is 2.15. The van der Waals surface area contributed by atoms with E-state index in [4.69, 9.17) is 0 Å². The molecule has 0 spiro atoms. The Morgan fingerprint density at radius 3 is 2.62 bits per heavy atom. The van der Waals surface area contributed by atoms with Crippen LogP contribution in [-0.2, 0) is 6.42 Å². The summed E-state index contributed by atoms with van der Waals surface area (Å²) in [6.07, 6.45) is 0.976. The van der Waals surface area contributed by atoms with Gasteiger partial charge in [0.1, 0.15) is 5.82 Å². The minimum absolute atomic E-state index is 0.514. The van der Waals surface area contributed by atoms with Crippen molar-refractivity contribution in [1.29, 1.82) is 0 Å². The molecule has 0 radical (unpaired) electrons. The van der Waals surface area contributed by atoms with E-state index >= 15 is 0 Å². The summed E-state index contributed by atoms with van der Waals surface area (Å²) in [5.41, 5.74) is 2.41. The molecule has 3 nitrogen and oxygen atoms in total. The molecule has 0 aliphatic rings. The fourth-order valence-corrected chi connectivity index (χ4v) is 1.46. The molecule has 1 aromatic heterocycles. The monoisotopic (exact) mass is 181 g/mol. The van der Waals surface area contributed by atoms with Crippen LogP contribution in [0, 0.1) is 6.92 Å². The molecular weight excluding hydrogens is 162 g/mol. The second-order valence-electron chi connectivity index (χ2n) is 3.70. The van der Waals surface area contributed by atoms with Gasteiger partial charge in [0.2, 0.25) is 0 Å². The van der Waals surface area contributed by atoms with Gasteiger partial charge < -0.3 is 10.3 Å². The van der Waals surface area contributed by atoms with Gasteiger partial charge in [-0.25, -0.2) is 4.98 Å². The van der Waals surface area contributed by atoms with E-state index in [2.05, 4.69) is 36.1 Å². The van der Waals surface area contributed by atoms with Crippen molar-refractivity contribution in [3.05, 3.63) is 17.2 Å². The van der Waals surface area contributed by atoms with Crippen molar-refractivity contribution in [2.24, 2.45) is 0 Å². The number of nitrogens with zero attached hydrogens (tertiary/aromatic N) is 1. The third-order valence-corrected chi connectivity index (χ3v) is 2.13. The Morgan fingerprint density at radius 1 is 1.46 bits per heavy atom. The Balaban J connectivity index is 2.71. The summed E-state index contributed by atoms with van der Waals surface area (Å²) in [5.74, 6) is 1.61. The minimum atomic E-state index is 0.514. The van der Waals surface area contributed by atoms with E-state index in [1.807, 2.05) is 7.05 Å². The number of nitrogens with one attached hydrogen (secondary N) is 2. The number of imidazole rings is 1. The molecule has 0 aliphatic heterocycles. The lowest BCUT2D eigenvalue weighted by molar-refractivity contribution is 0.755. The minimum Gasteiger partial charge on any atom is -0.346 e. The van der Waals surface area contributed by atoms with Crippen molar-refractivity contribution in [3.63, 3.8) is 0 Å². The largest absolute Gasteiger partial charge is 0.346 e. The molecular formula is C10H19N3. The van der Waals surface area contributed by atoms with Crippen LogP contribution in [-0.4, -0.2) is 23.6 Å². The SMILES string of the molecule is CNCCc1nc(C(C)C)c(C)[nH]1. The summed E-state index contributed by atoms with van der Waals surface area (Å²) >= 11 is 0. The van der Waals surface area contributed by atoms with Crippen molar-refractivity contribution >= 4 is 0 Å². The molecule has 0 aliphatic carbocycles. The molecule has 13 heavy (non-hydrogen) atoms. The number of hydrogen-bond acceptors (Lipinski definition) is 2. The van der Waals surface area contributed by atoms with Crippen LogP contribution in [0.5, 0.6) is 0 Å². The second kappa shape index (κ2) is 4.42. The lowest BCUT2D eigenvalue weighted by Gasteiger charge is -1.99. The Kier molecular flexibility index (Phi) is 3.48. The first-order valence-electron chi connectivity index (χ1n) is 4.85. The number of aromatic amines is 1. The molecule has 0 fully saturated rings. The molecule has 0 atom stereocenters. The maximum absolute atomic E-state index is 4.55. The molecule has 0 saturated carbocycles. The third-order valence-electron chi connectivity index (χ3n) is 2.13. The molecule has 74 valence electrons. The van der Waals surface area contributed by atoms with Gasteiger partial charge in [0.15, 0.2) is 0 Å². The van der Waals surface area contributed by atoms with Gasteiger partial charge in [-0.1, -0.05) is 13.8 Å². The molecule has 1 aromatic rings. The highest BCUT2D eigenvalue weighted by molar-refractivity contribution is 5.16. The van der Waals surface area contributed by atoms with Gasteiger partial charge in [-0.05, 0) is 19.9 Å². The van der Waals surface area contributed by atoms with E-state index in [9.17, 15) is 0 Å². The highest BCUT2D eigenvalue weighted by atomic mass is 14.9. The van der Waals surface area contributed by atoms with Crippen LogP contribution in [0.1, 0.15) is 37.0 Å². The zero-order chi connectivity index (χ0) is 9.84. The molecule has 2 N–H and O–H groups in total. The number of H-pyrrole nitrogens is 1. The summed E-state index contributed by atoms with van der Waals surface area (Å²) in [4.78, 5) is 7.86. The number of aromatic nitrogens is 2. The molecule has 1 heterocycles. The van der Waals surface area contributed by atoms with Gasteiger partial charge >= 0.3 is 0 Å². The summed E-state index contributed by atoms with van der Waals surface area (Å²) in [5, 5.41) is 3.11. The van der Waals surface area contributed by atoms with Crippen LogP contribution in [0.3, 0.4) is 0 Å². The number of likely N-dealkylation sites (N-methyl/N-ethyl adjacent to an activating group) is 1. The van der Waals surface area contributed by atoms with Gasteiger partial charge in [0.25, 0.3) is 0 Å². The van der Waals surface area contributed by atoms with Gasteiger partial charge in [0, 0.05) is 18.7 Å². The van der Waals surface area contributed by atoms with Crippen molar-refractivity contribution in [2.75, 3.05) is 13.6 Å². The lowest BCUT2D eigenvalue weighted by atomic mass is 10.1. The first-order valence-corrected chi connectivity index (χ1v) is 4.85. The van der Waals surface area contributed by atoms with E-state index in [0.29, 0.717) is 5.92 Å². The Morgan fingerprint density at radius 2 is 2.15 bits per heavy atom. The smallest absolute Gasteiger partial charge is 0.107 e. The summed E-state index contributed by atoms with van der Waals surface area (Å²) in [6, 6.07) is 0. The van der Waals surface area contributed by atoms with E-state index < -0.39 is 0 Å². The van der Waals surface area contributed by atoms with Crippen molar-refractivity contribution < 1.29 is 0 Å². The molecule has 3 heteroatoms. The van der Waals surface area contributed by atoms with Gasteiger partial charge in [-0.2, -0.15) is 0 Å². The predicted octanol–water partition coefficient (Wildman–Crippen LogP) is 1.60. The maximum Gasteiger partial charge on any atom is 0.107 e. The summed E-state index contributed by atoms with van der Waals surface area (Å²) < 4.78 is 0. The second-order valence-corrected chi connectivity index (χ2v) is 3.70.